The molecule has 3 fully saturated rings. The van der Waals surface area contributed by atoms with Crippen molar-refractivity contribution in [2.45, 2.75) is 108 Å². The van der Waals surface area contributed by atoms with E-state index in [0.29, 0.717) is 5.56 Å². The molecule has 252 valence electrons. The lowest BCUT2D eigenvalue weighted by molar-refractivity contribution is -0.345. The maximum Gasteiger partial charge on any atom is 0.338 e. The number of hydrogen-bond acceptors (Lipinski definition) is 13. The van der Waals surface area contributed by atoms with Crippen molar-refractivity contribution in [1.29, 1.82) is 0 Å². The van der Waals surface area contributed by atoms with Gasteiger partial charge >= 0.3 is 11.9 Å². The molecular weight excluding hydrogens is 604 g/mol. The van der Waals surface area contributed by atoms with E-state index in [4.69, 9.17) is 14.2 Å². The SMILES string of the molecule is CC(=O)N[C@@H](c1cccnc1)[C@@H](O)C(=O)OC1C[C@@]2(O)[C@@H](OC(C)=O)[C@@H]3[C@]4(O)CO[C@@H]4C[C@H](O)[C@@]3(C)C(=O)[C@H](O)C(=C1C)C2(C)C. The highest BCUT2D eigenvalue weighted by Crippen LogP contribution is 2.63. The number of ether oxygens (including phenoxy) is 3. The van der Waals surface area contributed by atoms with Crippen LogP contribution in [0.25, 0.3) is 0 Å². The summed E-state index contributed by atoms with van der Waals surface area (Å²) in [6.07, 6.45) is -7.06. The molecule has 46 heavy (non-hydrogen) atoms. The number of aliphatic hydroxyl groups is 5. The Morgan fingerprint density at radius 2 is 1.80 bits per heavy atom. The first kappa shape index (κ1) is 34.1. The van der Waals surface area contributed by atoms with Gasteiger partial charge in [-0.3, -0.25) is 19.4 Å². The van der Waals surface area contributed by atoms with E-state index < -0.39 is 101 Å². The number of nitrogens with one attached hydrogen (secondary N) is 1. The van der Waals surface area contributed by atoms with Crippen LogP contribution in [0.4, 0.5) is 0 Å². The maximum absolute atomic E-state index is 14.3. The first-order chi connectivity index (χ1) is 21.3. The van der Waals surface area contributed by atoms with E-state index >= 15 is 0 Å². The van der Waals surface area contributed by atoms with Crippen LogP contribution in [-0.4, -0.2) is 109 Å². The van der Waals surface area contributed by atoms with Crippen molar-refractivity contribution < 1.29 is 58.9 Å². The number of fused-ring (bicyclic) bond motifs is 5. The van der Waals surface area contributed by atoms with Gasteiger partial charge in [-0.05, 0) is 36.6 Å². The van der Waals surface area contributed by atoms with Crippen LogP contribution in [0.5, 0.6) is 0 Å². The Balaban J connectivity index is 1.63. The Morgan fingerprint density at radius 3 is 2.35 bits per heavy atom. The summed E-state index contributed by atoms with van der Waals surface area (Å²) in [5, 5.41) is 61.4. The number of rotatable bonds is 6. The number of carbonyl (C=O) groups excluding carboxylic acids is 4. The molecule has 4 aliphatic rings. The highest BCUT2D eigenvalue weighted by molar-refractivity contribution is 5.93. The minimum absolute atomic E-state index is 0.0211. The molecule has 0 radical (unpaired) electrons. The van der Waals surface area contributed by atoms with Gasteiger partial charge in [-0.2, -0.15) is 0 Å². The van der Waals surface area contributed by atoms with Crippen LogP contribution in [0.15, 0.2) is 35.7 Å². The standard InChI is InChI=1S/C32H42N2O12/c1-14-18(46-28(41)24(39)22(34-15(2)35)17-8-7-9-33-12-17)11-32(43)27(45-16(3)36)25-30(6,19(37)10-20-31(25,42)13-44-20)26(40)23(38)21(14)29(32,4)5/h7-9,12,18-20,22-25,27,37-39,42-43H,10-11,13H2,1-6H3,(H,34,35)/t18?,19-,20+,22-,23+,24+,25-,27-,30+,31-,32+/m0/s1. The predicted octanol–water partition coefficient (Wildman–Crippen LogP) is -0.599. The van der Waals surface area contributed by atoms with Crippen LogP contribution in [0, 0.1) is 16.7 Å². The second-order valence-corrected chi connectivity index (χ2v) is 13.8. The molecule has 1 saturated heterocycles. The van der Waals surface area contributed by atoms with Gasteiger partial charge in [0.2, 0.25) is 5.91 Å². The van der Waals surface area contributed by atoms with Crippen molar-refractivity contribution >= 4 is 23.6 Å². The van der Waals surface area contributed by atoms with Crippen molar-refractivity contribution in [1.82, 2.24) is 10.3 Å². The number of ketones is 1. The first-order valence-corrected chi connectivity index (χ1v) is 15.2. The molecular formula is C32H42N2O12. The molecule has 2 bridgehead atoms. The number of carbonyl (C=O) groups is 4. The van der Waals surface area contributed by atoms with Crippen LogP contribution in [0.2, 0.25) is 0 Å². The van der Waals surface area contributed by atoms with E-state index in [-0.39, 0.29) is 24.2 Å². The molecule has 1 aliphatic heterocycles. The van der Waals surface area contributed by atoms with E-state index in [0.717, 1.165) is 6.92 Å². The third-order valence-corrected chi connectivity index (χ3v) is 10.9. The molecule has 6 N–H and O–H groups in total. The number of aliphatic hydroxyl groups excluding tert-OH is 3. The zero-order valence-electron chi connectivity index (χ0n) is 26.6. The Labute approximate surface area is 265 Å². The summed E-state index contributed by atoms with van der Waals surface area (Å²) in [7, 11) is 0. The Kier molecular flexibility index (Phi) is 8.49. The predicted molar refractivity (Wildman–Crippen MR) is 156 cm³/mol. The van der Waals surface area contributed by atoms with Gasteiger partial charge < -0.3 is 45.1 Å². The number of esters is 2. The maximum atomic E-state index is 14.3. The van der Waals surface area contributed by atoms with Gasteiger partial charge in [0.05, 0.1) is 30.3 Å². The molecule has 1 unspecified atom stereocenters. The molecule has 5 rings (SSSR count). The number of aromatic nitrogens is 1. The molecule has 0 aromatic carbocycles. The summed E-state index contributed by atoms with van der Waals surface area (Å²) in [4.78, 5) is 56.4. The van der Waals surface area contributed by atoms with E-state index in [9.17, 15) is 44.7 Å². The number of nitrogens with zero attached hydrogens (tertiary/aromatic N) is 1. The lowest BCUT2D eigenvalue weighted by atomic mass is 9.45. The van der Waals surface area contributed by atoms with Gasteiger partial charge in [-0.15, -0.1) is 0 Å². The van der Waals surface area contributed by atoms with Gasteiger partial charge in [0.15, 0.2) is 11.9 Å². The number of amides is 1. The number of Topliss-reactive ketones (excluding diaryl/α,β-unsaturated/α-hetero) is 1. The first-order valence-electron chi connectivity index (χ1n) is 15.2. The van der Waals surface area contributed by atoms with Gasteiger partial charge in [0, 0.05) is 50.4 Å². The van der Waals surface area contributed by atoms with Crippen LogP contribution >= 0.6 is 0 Å². The second kappa shape index (κ2) is 11.5. The third kappa shape index (κ3) is 4.88. The molecule has 1 aromatic heterocycles. The van der Waals surface area contributed by atoms with Gasteiger partial charge in [0.1, 0.15) is 29.5 Å². The third-order valence-electron chi connectivity index (χ3n) is 10.9. The molecule has 1 aromatic rings. The average Bonchev–Trinajstić information content (AvgIpc) is 2.98. The van der Waals surface area contributed by atoms with Crippen molar-refractivity contribution in [3.8, 4) is 0 Å². The molecule has 1 amide bonds. The molecule has 14 heteroatoms. The molecule has 2 heterocycles. The van der Waals surface area contributed by atoms with E-state index in [1.54, 1.807) is 26.0 Å². The van der Waals surface area contributed by atoms with Crippen LogP contribution in [0.1, 0.15) is 66.0 Å². The highest BCUT2D eigenvalue weighted by atomic mass is 16.6. The molecule has 0 spiro atoms. The van der Waals surface area contributed by atoms with Crippen molar-refractivity contribution in [2.24, 2.45) is 16.7 Å². The normalized spacial score (nSPS) is 39.3. The van der Waals surface area contributed by atoms with E-state index in [1.165, 1.54) is 33.2 Å². The lowest BCUT2D eigenvalue weighted by Crippen LogP contribution is -2.81. The Morgan fingerprint density at radius 1 is 1.13 bits per heavy atom. The van der Waals surface area contributed by atoms with E-state index in [1.807, 2.05) is 0 Å². The second-order valence-electron chi connectivity index (χ2n) is 13.8. The van der Waals surface area contributed by atoms with E-state index in [2.05, 4.69) is 10.3 Å². The number of pyridine rings is 1. The zero-order valence-corrected chi connectivity index (χ0v) is 26.6. The molecule has 3 aliphatic carbocycles. The van der Waals surface area contributed by atoms with Crippen molar-refractivity contribution in [3.05, 3.63) is 41.2 Å². The Bertz CT molecular complexity index is 1460. The Hall–Kier alpha value is -3.27. The molecule has 2 saturated carbocycles. The summed E-state index contributed by atoms with van der Waals surface area (Å²) >= 11 is 0. The minimum atomic E-state index is -2.22. The van der Waals surface area contributed by atoms with Gasteiger partial charge in [-0.1, -0.05) is 19.9 Å². The van der Waals surface area contributed by atoms with Gasteiger partial charge in [-0.25, -0.2) is 4.79 Å². The van der Waals surface area contributed by atoms with Crippen molar-refractivity contribution in [3.63, 3.8) is 0 Å². The zero-order chi connectivity index (χ0) is 34.1. The van der Waals surface area contributed by atoms with Gasteiger partial charge in [0.25, 0.3) is 0 Å². The van der Waals surface area contributed by atoms with Crippen LogP contribution in [-0.2, 0) is 33.4 Å². The molecule has 14 nitrogen and oxygen atoms in total. The summed E-state index contributed by atoms with van der Waals surface area (Å²) in [6, 6.07) is 1.85. The summed E-state index contributed by atoms with van der Waals surface area (Å²) < 4.78 is 17.1. The fourth-order valence-electron chi connectivity index (χ4n) is 8.27. The monoisotopic (exact) mass is 646 g/mol. The largest absolute Gasteiger partial charge is 0.459 e. The van der Waals surface area contributed by atoms with Crippen LogP contribution in [0.3, 0.4) is 0 Å². The smallest absolute Gasteiger partial charge is 0.338 e. The lowest BCUT2D eigenvalue weighted by Gasteiger charge is -2.66. The van der Waals surface area contributed by atoms with Crippen molar-refractivity contribution in [2.75, 3.05) is 6.61 Å². The quantitative estimate of drug-likeness (QED) is 0.168. The summed E-state index contributed by atoms with van der Waals surface area (Å²) in [5.74, 6) is -4.92. The fraction of sp³-hybridized carbons (Fsp3) is 0.656. The van der Waals surface area contributed by atoms with Crippen LogP contribution < -0.4 is 5.32 Å². The average molecular weight is 647 g/mol. The topological polar surface area (TPSA) is 222 Å². The fourth-order valence-corrected chi connectivity index (χ4v) is 8.27. The molecule has 11 atom stereocenters. The highest BCUT2D eigenvalue weighted by Gasteiger charge is 2.76. The minimum Gasteiger partial charge on any atom is -0.459 e. The number of hydrogen-bond donors (Lipinski definition) is 6. The summed E-state index contributed by atoms with van der Waals surface area (Å²) in [5.41, 5.74) is -6.99. The summed E-state index contributed by atoms with van der Waals surface area (Å²) in [6.45, 7) is 7.99.